The fourth-order valence-electron chi connectivity index (χ4n) is 3.60. The molecular weight excluding hydrogens is 248 g/mol. The standard InChI is InChI=1S/C13H24N2O2S/c1-13(11-4-5-11)10-15(7-6-14-13)9-12-3-2-8-18(12,16)17/h11-12,14H,2-10H2,1H3. The number of rotatable bonds is 3. The third-order valence-electron chi connectivity index (χ3n) is 4.91. The molecule has 2 aliphatic heterocycles. The molecule has 4 nitrogen and oxygen atoms in total. The van der Waals surface area contributed by atoms with Crippen LogP contribution in [0.1, 0.15) is 32.6 Å². The van der Waals surface area contributed by atoms with Gasteiger partial charge in [-0.3, -0.25) is 4.90 Å². The van der Waals surface area contributed by atoms with E-state index in [4.69, 9.17) is 0 Å². The lowest BCUT2D eigenvalue weighted by atomic mass is 9.93. The zero-order valence-corrected chi connectivity index (χ0v) is 12.0. The van der Waals surface area contributed by atoms with Gasteiger partial charge in [0.15, 0.2) is 9.84 Å². The molecule has 1 aliphatic carbocycles. The van der Waals surface area contributed by atoms with Gasteiger partial charge in [-0.05, 0) is 38.5 Å². The van der Waals surface area contributed by atoms with Crippen molar-refractivity contribution >= 4 is 9.84 Å². The maximum atomic E-state index is 11.9. The molecule has 0 aromatic carbocycles. The van der Waals surface area contributed by atoms with Gasteiger partial charge >= 0.3 is 0 Å². The predicted molar refractivity (Wildman–Crippen MR) is 72.4 cm³/mol. The smallest absolute Gasteiger partial charge is 0.154 e. The van der Waals surface area contributed by atoms with Crippen molar-refractivity contribution in [2.45, 2.75) is 43.4 Å². The summed E-state index contributed by atoms with van der Waals surface area (Å²) in [6.07, 6.45) is 4.39. The van der Waals surface area contributed by atoms with Crippen LogP contribution in [-0.4, -0.2) is 56.0 Å². The van der Waals surface area contributed by atoms with Crippen LogP contribution >= 0.6 is 0 Å². The molecule has 2 heterocycles. The summed E-state index contributed by atoms with van der Waals surface area (Å²) in [7, 11) is -2.79. The molecule has 5 heteroatoms. The van der Waals surface area contributed by atoms with Crippen molar-refractivity contribution in [3.63, 3.8) is 0 Å². The van der Waals surface area contributed by atoms with Gasteiger partial charge in [-0.1, -0.05) is 0 Å². The number of sulfone groups is 1. The van der Waals surface area contributed by atoms with Gasteiger partial charge in [0.25, 0.3) is 0 Å². The third kappa shape index (κ3) is 2.45. The highest BCUT2D eigenvalue weighted by atomic mass is 32.2. The second-order valence-electron chi connectivity index (χ2n) is 6.48. The molecule has 2 unspecified atom stereocenters. The van der Waals surface area contributed by atoms with Crippen LogP contribution in [0, 0.1) is 5.92 Å². The van der Waals surface area contributed by atoms with E-state index in [-0.39, 0.29) is 10.8 Å². The van der Waals surface area contributed by atoms with Crippen molar-refractivity contribution in [1.82, 2.24) is 10.2 Å². The highest BCUT2D eigenvalue weighted by molar-refractivity contribution is 7.92. The molecule has 0 aromatic rings. The Morgan fingerprint density at radius 1 is 1.33 bits per heavy atom. The third-order valence-corrected chi connectivity index (χ3v) is 7.17. The lowest BCUT2D eigenvalue weighted by Crippen LogP contribution is -2.61. The van der Waals surface area contributed by atoms with Crippen molar-refractivity contribution in [1.29, 1.82) is 0 Å². The van der Waals surface area contributed by atoms with Crippen molar-refractivity contribution in [2.75, 3.05) is 31.9 Å². The average Bonchev–Trinajstić information content (AvgIpc) is 3.08. The molecule has 18 heavy (non-hydrogen) atoms. The SMILES string of the molecule is CC1(C2CC2)CN(CC2CCCS2(=O)=O)CCN1. The normalized spacial score (nSPS) is 41.1. The molecule has 104 valence electrons. The Labute approximate surface area is 110 Å². The summed E-state index contributed by atoms with van der Waals surface area (Å²) in [5, 5.41) is 3.54. The Morgan fingerprint density at radius 3 is 2.72 bits per heavy atom. The molecule has 3 aliphatic rings. The maximum Gasteiger partial charge on any atom is 0.154 e. The maximum absolute atomic E-state index is 11.9. The Bertz CT molecular complexity index is 419. The van der Waals surface area contributed by atoms with E-state index in [0.29, 0.717) is 5.75 Å². The van der Waals surface area contributed by atoms with Gasteiger partial charge in [0.05, 0.1) is 11.0 Å². The van der Waals surface area contributed by atoms with Crippen LogP contribution < -0.4 is 5.32 Å². The van der Waals surface area contributed by atoms with Gasteiger partial charge in [0.1, 0.15) is 0 Å². The summed E-state index contributed by atoms with van der Waals surface area (Å²) in [5.41, 5.74) is 0.223. The first kappa shape index (κ1) is 12.9. The topological polar surface area (TPSA) is 49.4 Å². The molecule has 3 fully saturated rings. The summed E-state index contributed by atoms with van der Waals surface area (Å²) >= 11 is 0. The fraction of sp³-hybridized carbons (Fsp3) is 1.00. The van der Waals surface area contributed by atoms with Gasteiger partial charge in [-0.2, -0.15) is 0 Å². The van der Waals surface area contributed by atoms with Crippen molar-refractivity contribution in [3.05, 3.63) is 0 Å². The van der Waals surface area contributed by atoms with Crippen molar-refractivity contribution in [3.8, 4) is 0 Å². The highest BCUT2D eigenvalue weighted by Crippen LogP contribution is 2.40. The van der Waals surface area contributed by atoms with Crippen LogP contribution in [0.3, 0.4) is 0 Å². The van der Waals surface area contributed by atoms with Gasteiger partial charge in [0, 0.05) is 31.7 Å². The molecule has 2 saturated heterocycles. The summed E-state index contributed by atoms with van der Waals surface area (Å²) in [4.78, 5) is 2.38. The quantitative estimate of drug-likeness (QED) is 0.819. The minimum Gasteiger partial charge on any atom is -0.309 e. The molecule has 3 rings (SSSR count). The van der Waals surface area contributed by atoms with Crippen LogP contribution in [0.5, 0.6) is 0 Å². The van der Waals surface area contributed by atoms with Gasteiger partial charge in [-0.15, -0.1) is 0 Å². The van der Waals surface area contributed by atoms with E-state index in [9.17, 15) is 8.42 Å². The number of hydrogen-bond acceptors (Lipinski definition) is 4. The number of nitrogens with one attached hydrogen (secondary N) is 1. The van der Waals surface area contributed by atoms with Crippen molar-refractivity contribution in [2.24, 2.45) is 5.92 Å². The Balaban J connectivity index is 1.63. The molecule has 0 spiro atoms. The Hall–Kier alpha value is -0.130. The summed E-state index contributed by atoms with van der Waals surface area (Å²) in [6.45, 7) is 6.07. The predicted octanol–water partition coefficient (Wildman–Crippen LogP) is 0.638. The van der Waals surface area contributed by atoms with Gasteiger partial charge < -0.3 is 5.32 Å². The van der Waals surface area contributed by atoms with Crippen LogP contribution in [0.4, 0.5) is 0 Å². The van der Waals surface area contributed by atoms with E-state index in [0.717, 1.165) is 44.9 Å². The van der Waals surface area contributed by atoms with Crippen LogP contribution in [0.15, 0.2) is 0 Å². The van der Waals surface area contributed by atoms with Crippen LogP contribution in [0.2, 0.25) is 0 Å². The Kier molecular flexibility index (Phi) is 3.19. The van der Waals surface area contributed by atoms with Crippen molar-refractivity contribution < 1.29 is 8.42 Å². The minimum absolute atomic E-state index is 0.0981. The summed E-state index contributed by atoms with van der Waals surface area (Å²) in [5.74, 6) is 1.21. The lowest BCUT2D eigenvalue weighted by molar-refractivity contribution is 0.127. The van der Waals surface area contributed by atoms with E-state index in [1.165, 1.54) is 12.8 Å². The zero-order valence-electron chi connectivity index (χ0n) is 11.2. The number of nitrogens with zero attached hydrogens (tertiary/aromatic N) is 1. The van der Waals surface area contributed by atoms with Gasteiger partial charge in [0.2, 0.25) is 0 Å². The first-order valence-corrected chi connectivity index (χ1v) is 8.90. The van der Waals surface area contributed by atoms with E-state index in [1.54, 1.807) is 0 Å². The lowest BCUT2D eigenvalue weighted by Gasteiger charge is -2.42. The first-order chi connectivity index (χ1) is 8.50. The fourth-order valence-corrected chi connectivity index (χ4v) is 5.47. The second-order valence-corrected chi connectivity index (χ2v) is 8.89. The molecule has 0 bridgehead atoms. The summed E-state index contributed by atoms with van der Waals surface area (Å²) < 4.78 is 23.8. The number of piperazine rings is 1. The monoisotopic (exact) mass is 272 g/mol. The number of hydrogen-bond donors (Lipinski definition) is 1. The molecule has 0 radical (unpaired) electrons. The molecule has 2 atom stereocenters. The minimum atomic E-state index is -2.79. The zero-order chi connectivity index (χ0) is 12.8. The average molecular weight is 272 g/mol. The van der Waals surface area contributed by atoms with Crippen LogP contribution in [0.25, 0.3) is 0 Å². The molecular formula is C13H24N2O2S. The van der Waals surface area contributed by atoms with E-state index in [1.807, 2.05) is 0 Å². The second kappa shape index (κ2) is 4.46. The largest absolute Gasteiger partial charge is 0.309 e. The first-order valence-electron chi connectivity index (χ1n) is 7.19. The van der Waals surface area contributed by atoms with E-state index >= 15 is 0 Å². The van der Waals surface area contributed by atoms with E-state index in [2.05, 4.69) is 17.1 Å². The molecule has 1 N–H and O–H groups in total. The molecule has 1 saturated carbocycles. The van der Waals surface area contributed by atoms with E-state index < -0.39 is 9.84 Å². The van der Waals surface area contributed by atoms with Crippen LogP contribution in [-0.2, 0) is 9.84 Å². The molecule has 0 amide bonds. The summed E-state index contributed by atoms with van der Waals surface area (Å²) in [6, 6.07) is 0. The highest BCUT2D eigenvalue weighted by Gasteiger charge is 2.44. The molecule has 0 aromatic heterocycles. The van der Waals surface area contributed by atoms with Gasteiger partial charge in [-0.25, -0.2) is 8.42 Å². The Morgan fingerprint density at radius 2 is 2.11 bits per heavy atom.